The summed E-state index contributed by atoms with van der Waals surface area (Å²) in [4.78, 5) is 16.1. The van der Waals surface area contributed by atoms with Crippen molar-refractivity contribution in [3.63, 3.8) is 0 Å². The molecule has 0 bridgehead atoms. The predicted molar refractivity (Wildman–Crippen MR) is 82.1 cm³/mol. The van der Waals surface area contributed by atoms with Crippen LogP contribution >= 0.6 is 0 Å². The molecule has 0 aromatic rings. The molecule has 2 N–H and O–H groups in total. The molecule has 0 rings (SSSR count). The predicted octanol–water partition coefficient (Wildman–Crippen LogP) is 1.94. The number of carbonyl (C=O) groups excluding carboxylic acids is 1. The maximum atomic E-state index is 11.9. The van der Waals surface area contributed by atoms with E-state index in [0.717, 1.165) is 19.4 Å². The highest BCUT2D eigenvalue weighted by molar-refractivity contribution is 5.76. The minimum atomic E-state index is 0.155. The standard InChI is InChI=1S/C15H33N3O/c1-7-13(8-2)18(11-12(3)4)14(10-16)9-15(19)17(5)6/h12-14H,7-11,16H2,1-6H3. The highest BCUT2D eigenvalue weighted by Gasteiger charge is 2.26. The lowest BCUT2D eigenvalue weighted by atomic mass is 10.0. The van der Waals surface area contributed by atoms with E-state index in [-0.39, 0.29) is 11.9 Å². The molecule has 19 heavy (non-hydrogen) atoms. The Hall–Kier alpha value is -0.610. The minimum Gasteiger partial charge on any atom is -0.349 e. The topological polar surface area (TPSA) is 49.6 Å². The highest BCUT2D eigenvalue weighted by Crippen LogP contribution is 2.17. The molecule has 1 unspecified atom stereocenters. The van der Waals surface area contributed by atoms with Gasteiger partial charge in [0, 0.05) is 45.7 Å². The average Bonchev–Trinajstić information content (AvgIpc) is 2.35. The van der Waals surface area contributed by atoms with Crippen LogP contribution in [0.15, 0.2) is 0 Å². The Kier molecular flexibility index (Phi) is 9.02. The van der Waals surface area contributed by atoms with Gasteiger partial charge in [0.05, 0.1) is 0 Å². The molecule has 114 valence electrons. The first-order valence-corrected chi connectivity index (χ1v) is 7.53. The zero-order valence-electron chi connectivity index (χ0n) is 13.6. The van der Waals surface area contributed by atoms with Crippen molar-refractivity contribution in [2.24, 2.45) is 11.7 Å². The first-order chi connectivity index (χ1) is 8.87. The van der Waals surface area contributed by atoms with Crippen molar-refractivity contribution in [3.05, 3.63) is 0 Å². The van der Waals surface area contributed by atoms with Crippen molar-refractivity contribution < 1.29 is 4.79 Å². The summed E-state index contributed by atoms with van der Waals surface area (Å²) in [5.41, 5.74) is 5.93. The Morgan fingerprint density at radius 2 is 1.63 bits per heavy atom. The van der Waals surface area contributed by atoms with Crippen molar-refractivity contribution >= 4 is 5.91 Å². The number of nitrogens with zero attached hydrogens (tertiary/aromatic N) is 2. The third-order valence-corrected chi connectivity index (χ3v) is 3.64. The second kappa shape index (κ2) is 9.32. The van der Waals surface area contributed by atoms with Crippen LogP contribution in [0.5, 0.6) is 0 Å². The van der Waals surface area contributed by atoms with E-state index in [9.17, 15) is 4.79 Å². The lowest BCUT2D eigenvalue weighted by molar-refractivity contribution is -0.130. The van der Waals surface area contributed by atoms with Gasteiger partial charge in [-0.2, -0.15) is 0 Å². The van der Waals surface area contributed by atoms with Gasteiger partial charge in [0.2, 0.25) is 5.91 Å². The van der Waals surface area contributed by atoms with Gasteiger partial charge in [-0.3, -0.25) is 9.69 Å². The summed E-state index contributed by atoms with van der Waals surface area (Å²) < 4.78 is 0. The largest absolute Gasteiger partial charge is 0.349 e. The average molecular weight is 271 g/mol. The lowest BCUT2D eigenvalue weighted by Gasteiger charge is -2.38. The molecule has 0 aromatic carbocycles. The highest BCUT2D eigenvalue weighted by atomic mass is 16.2. The Labute approximate surface area is 119 Å². The first kappa shape index (κ1) is 18.4. The fourth-order valence-electron chi connectivity index (χ4n) is 2.50. The summed E-state index contributed by atoms with van der Waals surface area (Å²) in [6.07, 6.45) is 2.73. The second-order valence-corrected chi connectivity index (χ2v) is 5.94. The van der Waals surface area contributed by atoms with Crippen LogP contribution in [0, 0.1) is 5.92 Å². The van der Waals surface area contributed by atoms with Crippen LogP contribution in [0.3, 0.4) is 0 Å². The van der Waals surface area contributed by atoms with Gasteiger partial charge < -0.3 is 10.6 Å². The summed E-state index contributed by atoms with van der Waals surface area (Å²) in [5, 5.41) is 0. The van der Waals surface area contributed by atoms with Crippen molar-refractivity contribution in [2.45, 2.75) is 59.0 Å². The molecular weight excluding hydrogens is 238 g/mol. The summed E-state index contributed by atoms with van der Waals surface area (Å²) in [7, 11) is 3.61. The van der Waals surface area contributed by atoms with Gasteiger partial charge in [-0.25, -0.2) is 0 Å². The van der Waals surface area contributed by atoms with Crippen LogP contribution in [0.2, 0.25) is 0 Å². The van der Waals surface area contributed by atoms with Gasteiger partial charge in [0.25, 0.3) is 0 Å². The molecule has 0 saturated heterocycles. The van der Waals surface area contributed by atoms with Crippen LogP contribution in [0.25, 0.3) is 0 Å². The Morgan fingerprint density at radius 3 is 1.95 bits per heavy atom. The SMILES string of the molecule is CCC(CC)N(CC(C)C)C(CN)CC(=O)N(C)C. The second-order valence-electron chi connectivity index (χ2n) is 5.94. The number of hydrogen-bond donors (Lipinski definition) is 1. The van der Waals surface area contributed by atoms with Crippen LogP contribution in [0.4, 0.5) is 0 Å². The maximum Gasteiger partial charge on any atom is 0.223 e. The van der Waals surface area contributed by atoms with E-state index in [1.165, 1.54) is 0 Å². The van der Waals surface area contributed by atoms with Crippen LogP contribution in [-0.2, 0) is 4.79 Å². The normalized spacial score (nSPS) is 13.4. The quantitative estimate of drug-likeness (QED) is 0.697. The molecule has 0 spiro atoms. The summed E-state index contributed by atoms with van der Waals surface area (Å²) in [6.45, 7) is 10.4. The fourth-order valence-corrected chi connectivity index (χ4v) is 2.50. The molecule has 0 radical (unpaired) electrons. The molecule has 0 aliphatic rings. The lowest BCUT2D eigenvalue weighted by Crippen LogP contribution is -2.50. The van der Waals surface area contributed by atoms with Gasteiger partial charge in [-0.05, 0) is 18.8 Å². The molecule has 4 nitrogen and oxygen atoms in total. The van der Waals surface area contributed by atoms with Crippen LogP contribution in [-0.4, -0.2) is 55.0 Å². The number of nitrogens with two attached hydrogens (primary N) is 1. The van der Waals surface area contributed by atoms with Crippen molar-refractivity contribution in [1.82, 2.24) is 9.80 Å². The summed E-state index contributed by atoms with van der Waals surface area (Å²) in [5.74, 6) is 0.749. The fraction of sp³-hybridized carbons (Fsp3) is 0.933. The Balaban J connectivity index is 4.90. The van der Waals surface area contributed by atoms with Gasteiger partial charge in [-0.15, -0.1) is 0 Å². The van der Waals surface area contributed by atoms with E-state index < -0.39 is 0 Å². The van der Waals surface area contributed by atoms with Crippen molar-refractivity contribution in [2.75, 3.05) is 27.2 Å². The molecule has 0 aromatic heterocycles. The van der Waals surface area contributed by atoms with E-state index in [4.69, 9.17) is 5.73 Å². The van der Waals surface area contributed by atoms with E-state index in [2.05, 4.69) is 32.6 Å². The smallest absolute Gasteiger partial charge is 0.223 e. The number of amides is 1. The molecule has 0 heterocycles. The molecule has 0 saturated carbocycles. The molecule has 0 aliphatic carbocycles. The minimum absolute atomic E-state index is 0.155. The Bertz CT molecular complexity index is 250. The summed E-state index contributed by atoms with van der Waals surface area (Å²) >= 11 is 0. The molecule has 4 heteroatoms. The first-order valence-electron chi connectivity index (χ1n) is 7.53. The van der Waals surface area contributed by atoms with Gasteiger partial charge in [0.15, 0.2) is 0 Å². The third-order valence-electron chi connectivity index (χ3n) is 3.64. The van der Waals surface area contributed by atoms with E-state index in [1.807, 2.05) is 0 Å². The van der Waals surface area contributed by atoms with Crippen molar-refractivity contribution in [1.29, 1.82) is 0 Å². The van der Waals surface area contributed by atoms with Gasteiger partial charge in [0.1, 0.15) is 0 Å². The molecule has 0 fully saturated rings. The Morgan fingerprint density at radius 1 is 1.11 bits per heavy atom. The molecule has 1 amide bonds. The van der Waals surface area contributed by atoms with Crippen molar-refractivity contribution in [3.8, 4) is 0 Å². The number of carbonyl (C=O) groups is 1. The number of rotatable bonds is 9. The zero-order chi connectivity index (χ0) is 15.0. The zero-order valence-corrected chi connectivity index (χ0v) is 13.6. The molecule has 0 aliphatic heterocycles. The van der Waals surface area contributed by atoms with E-state index >= 15 is 0 Å². The van der Waals surface area contributed by atoms with Gasteiger partial charge in [-0.1, -0.05) is 27.7 Å². The monoisotopic (exact) mass is 271 g/mol. The summed E-state index contributed by atoms with van der Waals surface area (Å²) in [6, 6.07) is 0.674. The van der Waals surface area contributed by atoms with Gasteiger partial charge >= 0.3 is 0 Å². The number of hydrogen-bond acceptors (Lipinski definition) is 3. The molecular formula is C15H33N3O. The van der Waals surface area contributed by atoms with E-state index in [1.54, 1.807) is 19.0 Å². The maximum absolute atomic E-state index is 11.9. The van der Waals surface area contributed by atoms with E-state index in [0.29, 0.717) is 24.9 Å². The van der Waals surface area contributed by atoms with Crippen LogP contribution < -0.4 is 5.73 Å². The van der Waals surface area contributed by atoms with Crippen LogP contribution in [0.1, 0.15) is 47.0 Å². The third kappa shape index (κ3) is 6.39. The molecule has 1 atom stereocenters.